The van der Waals surface area contributed by atoms with E-state index in [1.165, 1.54) is 0 Å². The normalized spacial score (nSPS) is 15.2. The number of nitrogens with one attached hydrogen (secondary N) is 2. The molecule has 5 heteroatoms. The van der Waals surface area contributed by atoms with Crippen molar-refractivity contribution in [2.75, 3.05) is 0 Å². The van der Waals surface area contributed by atoms with E-state index in [1.807, 2.05) is 43.3 Å². The van der Waals surface area contributed by atoms with Crippen molar-refractivity contribution in [3.05, 3.63) is 83.4 Å². The highest BCUT2D eigenvalue weighted by atomic mass is 16.3. The number of nitrogens with zero attached hydrogens (tertiary/aromatic N) is 1. The molecule has 4 N–H and O–H groups in total. The van der Waals surface area contributed by atoms with Gasteiger partial charge >= 0.3 is 0 Å². The average molecular weight is 380 g/mol. The number of hydrogen-bond donors (Lipinski definition) is 4. The second-order valence-corrected chi connectivity index (χ2v) is 8.38. The zero-order valence-electron chi connectivity index (χ0n) is 16.9. The van der Waals surface area contributed by atoms with Gasteiger partial charge in [-0.1, -0.05) is 63.2 Å². The van der Waals surface area contributed by atoms with Gasteiger partial charge in [0.2, 0.25) is 0 Å². The number of phenolic OH excluding ortho intramolecular Hbond substituents is 1. The molecule has 0 amide bonds. The summed E-state index contributed by atoms with van der Waals surface area (Å²) in [5.41, 5.74) is 1.47. The Morgan fingerprint density at radius 2 is 1.79 bits per heavy atom. The summed E-state index contributed by atoms with van der Waals surface area (Å²) in [6.07, 6.45) is 4.08. The summed E-state index contributed by atoms with van der Waals surface area (Å²) in [4.78, 5) is 7.14. The van der Waals surface area contributed by atoms with Gasteiger partial charge in [-0.2, -0.15) is 0 Å². The third-order valence-corrected chi connectivity index (χ3v) is 4.98. The number of aromatic nitrogens is 2. The molecular weight excluding hydrogens is 350 g/mol. The average Bonchev–Trinajstić information content (AvgIpc) is 3.14. The third-order valence-electron chi connectivity index (χ3n) is 4.98. The molecule has 28 heavy (non-hydrogen) atoms. The SMILES string of the molecule is C[C@H](Cc1cnc[nH]1)NC(O)(c1ccccc1)c1ccc(C(C)(C)C)cc1O. The largest absolute Gasteiger partial charge is 0.507 e. The number of phenols is 1. The Balaban J connectivity index is 2.00. The number of imidazole rings is 1. The Kier molecular flexibility index (Phi) is 5.59. The molecule has 3 aromatic rings. The third kappa shape index (κ3) is 4.26. The van der Waals surface area contributed by atoms with Gasteiger partial charge in [-0.15, -0.1) is 0 Å². The van der Waals surface area contributed by atoms with E-state index in [0.717, 1.165) is 11.3 Å². The fourth-order valence-electron chi connectivity index (χ4n) is 3.43. The number of benzene rings is 2. The topological polar surface area (TPSA) is 81.2 Å². The van der Waals surface area contributed by atoms with E-state index in [4.69, 9.17) is 0 Å². The quantitative estimate of drug-likeness (QED) is 0.491. The van der Waals surface area contributed by atoms with Crippen molar-refractivity contribution in [1.82, 2.24) is 15.3 Å². The fraction of sp³-hybridized carbons (Fsp3) is 0.348. The number of aromatic amines is 1. The van der Waals surface area contributed by atoms with Crippen molar-refractivity contribution in [2.24, 2.45) is 0 Å². The highest BCUT2D eigenvalue weighted by Gasteiger charge is 2.35. The first-order valence-electron chi connectivity index (χ1n) is 9.57. The minimum atomic E-state index is -1.53. The van der Waals surface area contributed by atoms with Crippen LogP contribution in [0.25, 0.3) is 0 Å². The predicted molar refractivity (Wildman–Crippen MR) is 111 cm³/mol. The van der Waals surface area contributed by atoms with Gasteiger partial charge in [0.1, 0.15) is 5.75 Å². The summed E-state index contributed by atoms with van der Waals surface area (Å²) in [6.45, 7) is 8.27. The smallest absolute Gasteiger partial charge is 0.172 e. The molecular formula is C23H29N3O2. The first-order valence-corrected chi connectivity index (χ1v) is 9.57. The summed E-state index contributed by atoms with van der Waals surface area (Å²) < 4.78 is 0. The van der Waals surface area contributed by atoms with Crippen LogP contribution in [0.15, 0.2) is 61.1 Å². The van der Waals surface area contributed by atoms with Gasteiger partial charge in [0.05, 0.1) is 6.33 Å². The fourth-order valence-corrected chi connectivity index (χ4v) is 3.43. The molecule has 0 spiro atoms. The lowest BCUT2D eigenvalue weighted by molar-refractivity contribution is 0.0299. The molecule has 0 bridgehead atoms. The maximum absolute atomic E-state index is 11.7. The van der Waals surface area contributed by atoms with Crippen molar-refractivity contribution < 1.29 is 10.2 Å². The Morgan fingerprint density at radius 3 is 2.36 bits per heavy atom. The highest BCUT2D eigenvalue weighted by molar-refractivity contribution is 5.46. The van der Waals surface area contributed by atoms with Gasteiger partial charge < -0.3 is 15.2 Å². The van der Waals surface area contributed by atoms with Crippen LogP contribution in [-0.4, -0.2) is 26.2 Å². The summed E-state index contributed by atoms with van der Waals surface area (Å²) in [6, 6.07) is 14.8. The zero-order valence-corrected chi connectivity index (χ0v) is 16.9. The zero-order chi connectivity index (χ0) is 20.4. The van der Waals surface area contributed by atoms with Crippen LogP contribution in [0.5, 0.6) is 5.75 Å². The van der Waals surface area contributed by atoms with Crippen LogP contribution in [0, 0.1) is 0 Å². The number of hydrogen-bond acceptors (Lipinski definition) is 4. The maximum Gasteiger partial charge on any atom is 0.172 e. The van der Waals surface area contributed by atoms with E-state index >= 15 is 0 Å². The number of rotatable bonds is 6. The van der Waals surface area contributed by atoms with Crippen LogP contribution in [0.4, 0.5) is 0 Å². The van der Waals surface area contributed by atoms with Gasteiger partial charge in [0.25, 0.3) is 0 Å². The van der Waals surface area contributed by atoms with Crippen LogP contribution in [0.3, 0.4) is 0 Å². The molecule has 5 nitrogen and oxygen atoms in total. The molecule has 0 radical (unpaired) electrons. The van der Waals surface area contributed by atoms with E-state index < -0.39 is 5.72 Å². The molecule has 1 unspecified atom stereocenters. The van der Waals surface area contributed by atoms with Gasteiger partial charge in [-0.3, -0.25) is 5.32 Å². The van der Waals surface area contributed by atoms with Crippen molar-refractivity contribution >= 4 is 0 Å². The minimum absolute atomic E-state index is 0.0695. The summed E-state index contributed by atoms with van der Waals surface area (Å²) in [5, 5.41) is 25.8. The van der Waals surface area contributed by atoms with E-state index in [2.05, 4.69) is 36.1 Å². The van der Waals surface area contributed by atoms with E-state index in [9.17, 15) is 10.2 Å². The summed E-state index contributed by atoms with van der Waals surface area (Å²) >= 11 is 0. The first kappa shape index (κ1) is 20.1. The summed E-state index contributed by atoms with van der Waals surface area (Å²) in [7, 11) is 0. The first-order chi connectivity index (χ1) is 13.2. The lowest BCUT2D eigenvalue weighted by Gasteiger charge is -2.34. The number of H-pyrrole nitrogens is 1. The molecule has 0 fully saturated rings. The molecule has 148 valence electrons. The van der Waals surface area contributed by atoms with Gasteiger partial charge in [0, 0.05) is 35.5 Å². The van der Waals surface area contributed by atoms with Crippen molar-refractivity contribution in [3.8, 4) is 5.75 Å². The second-order valence-electron chi connectivity index (χ2n) is 8.38. The number of aromatic hydroxyl groups is 1. The Bertz CT molecular complexity index is 901. The molecule has 1 heterocycles. The monoisotopic (exact) mass is 379 g/mol. The Hall–Kier alpha value is -2.63. The van der Waals surface area contributed by atoms with Crippen LogP contribution >= 0.6 is 0 Å². The minimum Gasteiger partial charge on any atom is -0.507 e. The molecule has 0 aliphatic carbocycles. The molecule has 0 aliphatic rings. The lowest BCUT2D eigenvalue weighted by atomic mass is 9.84. The van der Waals surface area contributed by atoms with Crippen molar-refractivity contribution in [3.63, 3.8) is 0 Å². The molecule has 0 aliphatic heterocycles. The van der Waals surface area contributed by atoms with Gasteiger partial charge in [-0.05, 0) is 24.0 Å². The van der Waals surface area contributed by atoms with Gasteiger partial charge in [-0.25, -0.2) is 4.98 Å². The molecule has 2 atom stereocenters. The van der Waals surface area contributed by atoms with Crippen LogP contribution in [0.1, 0.15) is 50.1 Å². The van der Waals surface area contributed by atoms with E-state index in [-0.39, 0.29) is 17.2 Å². The van der Waals surface area contributed by atoms with Crippen molar-refractivity contribution in [1.29, 1.82) is 0 Å². The Morgan fingerprint density at radius 1 is 1.07 bits per heavy atom. The standard InChI is InChI=1S/C23H29N3O2/c1-16(12-19-14-24-15-25-19)26-23(28,17-8-6-5-7-9-17)20-11-10-18(13-21(20)27)22(2,3)4/h5-11,13-16,26-28H,12H2,1-4H3,(H,24,25)/t16-,23?/m1/s1. The second kappa shape index (κ2) is 7.78. The summed E-state index contributed by atoms with van der Waals surface area (Å²) in [5.74, 6) is 0.0695. The molecule has 1 aromatic heterocycles. The maximum atomic E-state index is 11.7. The number of aliphatic hydroxyl groups is 1. The van der Waals surface area contributed by atoms with Crippen molar-refractivity contribution in [2.45, 2.75) is 51.3 Å². The predicted octanol–water partition coefficient (Wildman–Crippen LogP) is 3.83. The van der Waals surface area contributed by atoms with Crippen LogP contribution < -0.4 is 5.32 Å². The van der Waals surface area contributed by atoms with Crippen LogP contribution in [-0.2, 0) is 17.6 Å². The van der Waals surface area contributed by atoms with Gasteiger partial charge in [0.15, 0.2) is 5.72 Å². The molecule has 2 aromatic carbocycles. The molecule has 0 saturated carbocycles. The van der Waals surface area contributed by atoms with Crippen LogP contribution in [0.2, 0.25) is 0 Å². The van der Waals surface area contributed by atoms with E-state index in [1.54, 1.807) is 24.7 Å². The molecule has 3 rings (SSSR count). The Labute approximate surface area is 166 Å². The molecule has 0 saturated heterocycles. The lowest BCUT2D eigenvalue weighted by Crippen LogP contribution is -2.48. The van der Waals surface area contributed by atoms with E-state index in [0.29, 0.717) is 17.5 Å². The highest BCUT2D eigenvalue weighted by Crippen LogP contribution is 2.36.